The fraction of sp³-hybridized carbons (Fsp3) is 0.826. The first-order valence-electron chi connectivity index (χ1n) is 11.6. The number of ether oxygens (including phenoxy) is 1. The molecular weight excluding hydrogens is 366 g/mol. The molecular formula is C23H35N3O3. The van der Waals surface area contributed by atoms with Gasteiger partial charge in [-0.1, -0.05) is 20.3 Å². The zero-order valence-corrected chi connectivity index (χ0v) is 17.9. The van der Waals surface area contributed by atoms with E-state index in [9.17, 15) is 9.59 Å². The first kappa shape index (κ1) is 19.6. The van der Waals surface area contributed by atoms with Gasteiger partial charge in [0.2, 0.25) is 0 Å². The number of carbonyl (C=O) groups is 2. The van der Waals surface area contributed by atoms with Gasteiger partial charge in [0.15, 0.2) is 5.78 Å². The second-order valence-electron chi connectivity index (χ2n) is 10.5. The van der Waals surface area contributed by atoms with Crippen molar-refractivity contribution in [2.45, 2.75) is 58.8 Å². The summed E-state index contributed by atoms with van der Waals surface area (Å²) in [5, 5.41) is 1.96. The Morgan fingerprint density at radius 1 is 1.14 bits per heavy atom. The molecule has 6 heteroatoms. The molecule has 5 rings (SSSR count). The maximum atomic E-state index is 13.4. The number of nitrogens with zero attached hydrogens (tertiary/aromatic N) is 2. The molecule has 2 amide bonds. The van der Waals surface area contributed by atoms with Gasteiger partial charge in [0.25, 0.3) is 0 Å². The SMILES string of the molecule is C[C@@]12CCC[C@H]1[C@@H]1CN(C(=O)NN3CCOCC3)C3=CC(=O)CC[C@]3(C)[C@H]1CC2. The number of urea groups is 1. The zero-order valence-electron chi connectivity index (χ0n) is 17.9. The lowest BCUT2D eigenvalue weighted by Gasteiger charge is -2.59. The van der Waals surface area contributed by atoms with Gasteiger partial charge in [-0.25, -0.2) is 9.80 Å². The summed E-state index contributed by atoms with van der Waals surface area (Å²) in [6.45, 7) is 8.28. The van der Waals surface area contributed by atoms with Crippen molar-refractivity contribution in [3.63, 3.8) is 0 Å². The second kappa shape index (κ2) is 7.09. The van der Waals surface area contributed by atoms with Crippen LogP contribution in [0, 0.1) is 28.6 Å². The van der Waals surface area contributed by atoms with Gasteiger partial charge >= 0.3 is 6.03 Å². The van der Waals surface area contributed by atoms with Crippen LogP contribution < -0.4 is 5.43 Å². The summed E-state index contributed by atoms with van der Waals surface area (Å²) in [6, 6.07) is -0.0669. The number of hydrogen-bond donors (Lipinski definition) is 1. The lowest BCUT2D eigenvalue weighted by Crippen LogP contribution is -2.61. The molecule has 5 atom stereocenters. The van der Waals surface area contributed by atoms with E-state index in [-0.39, 0.29) is 17.2 Å². The molecule has 2 heterocycles. The molecule has 2 saturated heterocycles. The highest BCUT2D eigenvalue weighted by Crippen LogP contribution is 2.63. The summed E-state index contributed by atoms with van der Waals surface area (Å²) in [6.07, 6.45) is 9.77. The van der Waals surface area contributed by atoms with E-state index in [1.807, 2.05) is 9.91 Å². The Hall–Kier alpha value is -1.40. The van der Waals surface area contributed by atoms with Crippen molar-refractivity contribution in [3.05, 3.63) is 11.8 Å². The van der Waals surface area contributed by atoms with Crippen molar-refractivity contribution in [1.82, 2.24) is 15.3 Å². The van der Waals surface area contributed by atoms with Gasteiger partial charge in [-0.05, 0) is 55.3 Å². The van der Waals surface area contributed by atoms with E-state index >= 15 is 0 Å². The average molecular weight is 402 g/mol. The first-order valence-corrected chi connectivity index (χ1v) is 11.6. The summed E-state index contributed by atoms with van der Waals surface area (Å²) < 4.78 is 5.41. The van der Waals surface area contributed by atoms with Gasteiger partial charge in [-0.2, -0.15) is 0 Å². The third kappa shape index (κ3) is 3.14. The van der Waals surface area contributed by atoms with Crippen LogP contribution >= 0.6 is 0 Å². The Bertz CT molecular complexity index is 731. The first-order chi connectivity index (χ1) is 13.9. The molecule has 0 radical (unpaired) electrons. The lowest BCUT2D eigenvalue weighted by molar-refractivity contribution is -0.118. The Morgan fingerprint density at radius 2 is 1.93 bits per heavy atom. The number of rotatable bonds is 1. The third-order valence-electron chi connectivity index (χ3n) is 9.00. The van der Waals surface area contributed by atoms with E-state index in [4.69, 9.17) is 4.74 Å². The highest BCUT2D eigenvalue weighted by atomic mass is 16.5. The number of fused-ring (bicyclic) bond motifs is 5. The standard InChI is InChI=1S/C23H35N3O3/c1-22-7-3-4-18(22)17-15-26(21(28)24-25-10-12-29-13-11-25)20-14-16(27)5-9-23(20,2)19(17)6-8-22/h14,17-19H,3-13,15H2,1-2H3,(H,24,28)/t17-,18-,19-,22-,23+/m0/s1. The summed E-state index contributed by atoms with van der Waals surface area (Å²) in [5.41, 5.74) is 4.45. The van der Waals surface area contributed by atoms with Gasteiger partial charge in [0, 0.05) is 43.2 Å². The van der Waals surface area contributed by atoms with Crippen molar-refractivity contribution < 1.29 is 14.3 Å². The minimum Gasteiger partial charge on any atom is -0.379 e. The zero-order chi connectivity index (χ0) is 20.2. The van der Waals surface area contributed by atoms with Crippen LogP contribution in [0.2, 0.25) is 0 Å². The molecule has 4 fully saturated rings. The molecule has 5 aliphatic rings. The van der Waals surface area contributed by atoms with Crippen molar-refractivity contribution in [3.8, 4) is 0 Å². The molecule has 1 N–H and O–H groups in total. The number of amides is 2. The van der Waals surface area contributed by atoms with Gasteiger partial charge in [-0.3, -0.25) is 15.1 Å². The van der Waals surface area contributed by atoms with Crippen molar-refractivity contribution in [2.24, 2.45) is 28.6 Å². The maximum absolute atomic E-state index is 13.4. The largest absolute Gasteiger partial charge is 0.379 e. The van der Waals surface area contributed by atoms with Gasteiger partial charge < -0.3 is 4.74 Å². The van der Waals surface area contributed by atoms with E-state index in [0.29, 0.717) is 55.9 Å². The third-order valence-corrected chi connectivity index (χ3v) is 9.00. The van der Waals surface area contributed by atoms with Gasteiger partial charge in [0.05, 0.1) is 13.2 Å². The van der Waals surface area contributed by atoms with Crippen molar-refractivity contribution >= 4 is 11.8 Å². The quantitative estimate of drug-likeness (QED) is 0.732. The molecule has 0 unspecified atom stereocenters. The number of morpholine rings is 1. The van der Waals surface area contributed by atoms with E-state index in [0.717, 1.165) is 18.7 Å². The minimum atomic E-state index is -0.0669. The summed E-state index contributed by atoms with van der Waals surface area (Å²) in [4.78, 5) is 27.7. The van der Waals surface area contributed by atoms with Crippen molar-refractivity contribution in [1.29, 1.82) is 0 Å². The molecule has 0 spiro atoms. The molecule has 0 bridgehead atoms. The Morgan fingerprint density at radius 3 is 2.72 bits per heavy atom. The lowest BCUT2D eigenvalue weighted by atomic mass is 9.50. The Balaban J connectivity index is 1.46. The van der Waals surface area contributed by atoms with E-state index in [1.165, 1.54) is 32.1 Å². The predicted octanol–water partition coefficient (Wildman–Crippen LogP) is 3.34. The smallest absolute Gasteiger partial charge is 0.336 e. The van der Waals surface area contributed by atoms with Crippen LogP contribution in [0.1, 0.15) is 58.8 Å². The molecule has 0 aromatic carbocycles. The number of likely N-dealkylation sites (tertiary alicyclic amines) is 1. The normalized spacial score (nSPS) is 42.6. The monoisotopic (exact) mass is 401 g/mol. The molecule has 2 aliphatic heterocycles. The van der Waals surface area contributed by atoms with Crippen LogP contribution in [0.5, 0.6) is 0 Å². The molecule has 29 heavy (non-hydrogen) atoms. The van der Waals surface area contributed by atoms with Crippen LogP contribution in [0.15, 0.2) is 11.8 Å². The Labute approximate surface area is 174 Å². The number of carbonyl (C=O) groups excluding carboxylic acids is 2. The molecule has 0 aromatic heterocycles. The highest BCUT2D eigenvalue weighted by molar-refractivity contribution is 5.92. The molecule has 3 aliphatic carbocycles. The van der Waals surface area contributed by atoms with E-state index < -0.39 is 0 Å². The fourth-order valence-corrected chi connectivity index (χ4v) is 7.36. The summed E-state index contributed by atoms with van der Waals surface area (Å²) in [7, 11) is 0. The second-order valence-corrected chi connectivity index (χ2v) is 10.5. The van der Waals surface area contributed by atoms with Crippen molar-refractivity contribution in [2.75, 3.05) is 32.8 Å². The number of hydrogen-bond acceptors (Lipinski definition) is 4. The van der Waals surface area contributed by atoms with Crippen LogP contribution in [0.25, 0.3) is 0 Å². The number of nitrogens with one attached hydrogen (secondary N) is 1. The fourth-order valence-electron chi connectivity index (χ4n) is 7.36. The maximum Gasteiger partial charge on any atom is 0.336 e. The molecule has 0 aromatic rings. The predicted molar refractivity (Wildman–Crippen MR) is 110 cm³/mol. The van der Waals surface area contributed by atoms with E-state index in [1.54, 1.807) is 6.08 Å². The number of ketones is 1. The van der Waals surface area contributed by atoms with Crippen LogP contribution in [0.4, 0.5) is 4.79 Å². The molecule has 2 saturated carbocycles. The molecule has 160 valence electrons. The number of piperidine rings is 1. The molecule has 6 nitrogen and oxygen atoms in total. The summed E-state index contributed by atoms with van der Waals surface area (Å²) in [5.74, 6) is 2.00. The van der Waals surface area contributed by atoms with E-state index in [2.05, 4.69) is 19.3 Å². The van der Waals surface area contributed by atoms with Gasteiger partial charge in [0.1, 0.15) is 0 Å². The topological polar surface area (TPSA) is 61.9 Å². The van der Waals surface area contributed by atoms with Crippen LogP contribution in [-0.2, 0) is 9.53 Å². The van der Waals surface area contributed by atoms with Crippen LogP contribution in [-0.4, -0.2) is 54.6 Å². The average Bonchev–Trinajstić information content (AvgIpc) is 3.11. The number of allylic oxidation sites excluding steroid dienone is 2. The van der Waals surface area contributed by atoms with Gasteiger partial charge in [-0.15, -0.1) is 0 Å². The Kier molecular flexibility index (Phi) is 4.78. The minimum absolute atomic E-state index is 0.0664. The highest BCUT2D eigenvalue weighted by Gasteiger charge is 2.58. The number of hydrazine groups is 1. The summed E-state index contributed by atoms with van der Waals surface area (Å²) >= 11 is 0. The van der Waals surface area contributed by atoms with Crippen LogP contribution in [0.3, 0.4) is 0 Å².